The predicted octanol–water partition coefficient (Wildman–Crippen LogP) is -1.08. The summed E-state index contributed by atoms with van der Waals surface area (Å²) in [6.07, 6.45) is 0. The number of anilines is 2. The Labute approximate surface area is 185 Å². The molecule has 144 valence electrons. The number of nitrogens with zero attached hydrogens (tertiary/aromatic N) is 2. The quantitative estimate of drug-likeness (QED) is 0.186. The molecule has 0 atom stereocenters. The van der Waals surface area contributed by atoms with Crippen molar-refractivity contribution in [1.82, 2.24) is 0 Å². The van der Waals surface area contributed by atoms with Crippen LogP contribution < -0.4 is 45.0 Å². The van der Waals surface area contributed by atoms with Crippen LogP contribution in [0.3, 0.4) is 0 Å². The molecule has 11 heteroatoms. The van der Waals surface area contributed by atoms with Crippen LogP contribution >= 0.6 is 0 Å². The molecule has 0 aromatic heterocycles. The molecule has 0 saturated carbocycles. The fourth-order valence-corrected chi connectivity index (χ4v) is 2.60. The number of amides is 1. The first-order valence-electron chi connectivity index (χ1n) is 7.94. The van der Waals surface area contributed by atoms with E-state index in [9.17, 15) is 17.8 Å². The molecule has 0 unspecified atom stereocenters. The van der Waals surface area contributed by atoms with Crippen LogP contribution in [0.25, 0.3) is 0 Å². The van der Waals surface area contributed by atoms with Gasteiger partial charge < -0.3 is 14.6 Å². The number of methoxy groups -OCH3 is 1. The predicted molar refractivity (Wildman–Crippen MR) is 99.1 cm³/mol. The first kappa shape index (κ1) is 24.1. The number of hydrogen-bond acceptors (Lipinski definition) is 6. The molecule has 2 aromatic rings. The molecule has 28 heavy (non-hydrogen) atoms. The zero-order chi connectivity index (χ0) is 19.9. The first-order chi connectivity index (χ1) is 12.8. The van der Waals surface area contributed by atoms with Gasteiger partial charge in [-0.05, 0) is 40.3 Å². The average molecular weight is 415 g/mol. The van der Waals surface area contributed by atoms with Gasteiger partial charge in [0.25, 0.3) is 5.91 Å². The van der Waals surface area contributed by atoms with Gasteiger partial charge in [-0.1, -0.05) is 18.2 Å². The molecule has 0 aliphatic rings. The Hall–Kier alpha value is -1.98. The minimum Gasteiger partial charge on any atom is -0.748 e. The van der Waals surface area contributed by atoms with Crippen LogP contribution in [0.2, 0.25) is 0 Å². The largest absolute Gasteiger partial charge is 1.00 e. The van der Waals surface area contributed by atoms with Crippen molar-refractivity contribution < 1.29 is 56.9 Å². The Kier molecular flexibility index (Phi) is 9.56. The zero-order valence-electron chi connectivity index (χ0n) is 15.9. The maximum absolute atomic E-state index is 12.4. The molecule has 2 aromatic carbocycles. The molecule has 2 rings (SSSR count). The maximum atomic E-state index is 12.4. The maximum Gasteiger partial charge on any atom is 1.00 e. The monoisotopic (exact) mass is 415 g/mol. The van der Waals surface area contributed by atoms with Crippen molar-refractivity contribution in [3.63, 3.8) is 0 Å². The normalized spacial score (nSPS) is 11.3. The summed E-state index contributed by atoms with van der Waals surface area (Å²) in [6.45, 7) is -0.161. The van der Waals surface area contributed by atoms with E-state index in [0.717, 1.165) is 0 Å². The Morgan fingerprint density at radius 2 is 1.89 bits per heavy atom. The second kappa shape index (κ2) is 11.1. The van der Waals surface area contributed by atoms with E-state index < -0.39 is 15.9 Å². The van der Waals surface area contributed by atoms with E-state index in [1.807, 2.05) is 6.07 Å². The molecule has 0 fully saturated rings. The summed E-state index contributed by atoms with van der Waals surface area (Å²) in [4.78, 5) is 13.6. The Morgan fingerprint density at radius 1 is 1.21 bits per heavy atom. The van der Waals surface area contributed by atoms with Gasteiger partial charge in [0.05, 0.1) is 14.2 Å². The van der Waals surface area contributed by atoms with E-state index in [1.165, 1.54) is 19.0 Å². The first-order valence-corrected chi connectivity index (χ1v) is 9.52. The van der Waals surface area contributed by atoms with Gasteiger partial charge in [-0.3, -0.25) is 4.79 Å². The number of carbonyl (C=O) groups excluding carboxylic acids is 1. The summed E-state index contributed by atoms with van der Waals surface area (Å²) in [5.74, 6) is -0.521. The topological polar surface area (TPSA) is 123 Å². The summed E-state index contributed by atoms with van der Waals surface area (Å²) < 4.78 is 37.7. The third-order valence-electron chi connectivity index (χ3n) is 3.54. The van der Waals surface area contributed by atoms with Gasteiger partial charge in [0.1, 0.15) is 27.3 Å². The van der Waals surface area contributed by atoms with Crippen LogP contribution in [0.5, 0.6) is 5.75 Å². The number of ether oxygens (including phenoxy) is 1. The molecule has 0 heterocycles. The molecule has 0 spiro atoms. The van der Waals surface area contributed by atoms with Crippen molar-refractivity contribution in [2.75, 3.05) is 37.2 Å². The van der Waals surface area contributed by atoms with Crippen LogP contribution in [0, 0.1) is 0 Å². The van der Waals surface area contributed by atoms with Crippen LogP contribution in [0.1, 0.15) is 10.4 Å². The standard InChI is InChI=1S/C17H20N4O5S.Na/c1-18-21(10-11-27(23,24)25)20-15-12-13(8-9-16(15)26-2)17(22)19-14-6-4-3-5-7-14;/h3-9,12H,10-11H2,1-2H3,(H2-,18,19,20,22,23,24,25);/q;+1. The second-order valence-corrected chi connectivity index (χ2v) is 6.96. The molecular weight excluding hydrogens is 395 g/mol. The average Bonchev–Trinajstić information content (AvgIpc) is 2.65. The number of azo groups is 1. The third-order valence-corrected chi connectivity index (χ3v) is 4.22. The van der Waals surface area contributed by atoms with Crippen LogP contribution in [0.15, 0.2) is 53.6 Å². The van der Waals surface area contributed by atoms with E-state index in [4.69, 9.17) is 4.74 Å². The van der Waals surface area contributed by atoms with Crippen molar-refractivity contribution in [2.24, 2.45) is 5.11 Å². The minimum atomic E-state index is -4.38. The van der Waals surface area contributed by atoms with Crippen molar-refractivity contribution in [2.45, 2.75) is 0 Å². The molecule has 0 radical (unpaired) electrons. The number of hydrazine groups is 1. The smallest absolute Gasteiger partial charge is 0.748 e. The molecule has 0 bridgehead atoms. The summed E-state index contributed by atoms with van der Waals surface area (Å²) in [5.41, 5.74) is 4.24. The van der Waals surface area contributed by atoms with Gasteiger partial charge >= 0.3 is 29.6 Å². The van der Waals surface area contributed by atoms with Gasteiger partial charge in [0, 0.05) is 11.3 Å². The van der Waals surface area contributed by atoms with E-state index in [1.54, 1.807) is 42.5 Å². The van der Waals surface area contributed by atoms with Gasteiger partial charge in [-0.15, -0.1) is 5.43 Å². The summed E-state index contributed by atoms with van der Waals surface area (Å²) >= 11 is 0. The molecule has 0 aliphatic carbocycles. The van der Waals surface area contributed by atoms with Gasteiger partial charge in [-0.25, -0.2) is 8.42 Å². The fourth-order valence-electron chi connectivity index (χ4n) is 2.20. The van der Waals surface area contributed by atoms with Crippen molar-refractivity contribution in [3.8, 4) is 5.75 Å². The van der Waals surface area contributed by atoms with Crippen molar-refractivity contribution >= 4 is 27.4 Å². The van der Waals surface area contributed by atoms with Gasteiger partial charge in [0.15, 0.2) is 0 Å². The molecule has 9 nitrogen and oxygen atoms in total. The Morgan fingerprint density at radius 3 is 2.46 bits per heavy atom. The third kappa shape index (κ3) is 7.56. The number of benzene rings is 2. The van der Waals surface area contributed by atoms with Gasteiger partial charge in [-0.2, -0.15) is 0 Å². The number of para-hydroxylation sites is 1. The SMILES string of the molecule is CN=[N+](CCS(=O)(=O)[O-])Nc1cc(C(=O)Nc2ccccc2)ccc1OC.[Na+]. The van der Waals surface area contributed by atoms with Crippen molar-refractivity contribution in [1.29, 1.82) is 0 Å². The number of nitrogens with one attached hydrogen (secondary N) is 2. The molecule has 1 amide bonds. The van der Waals surface area contributed by atoms with Gasteiger partial charge in [0.2, 0.25) is 6.54 Å². The summed E-state index contributed by atoms with van der Waals surface area (Å²) in [5, 5.41) is 6.64. The summed E-state index contributed by atoms with van der Waals surface area (Å²) in [6, 6.07) is 13.7. The molecule has 2 N–H and O–H groups in total. The minimum absolute atomic E-state index is 0. The molecule has 0 saturated heterocycles. The number of carbonyl (C=O) groups is 1. The van der Waals surface area contributed by atoms with E-state index >= 15 is 0 Å². The Balaban J connectivity index is 0.00000392. The van der Waals surface area contributed by atoms with E-state index in [0.29, 0.717) is 22.7 Å². The summed E-state index contributed by atoms with van der Waals surface area (Å²) in [7, 11) is -1.49. The number of hydrogen-bond donors (Lipinski definition) is 2. The van der Waals surface area contributed by atoms with E-state index in [2.05, 4.69) is 15.9 Å². The zero-order valence-corrected chi connectivity index (χ0v) is 18.7. The fraction of sp³-hybridized carbons (Fsp3) is 0.235. The van der Waals surface area contributed by atoms with Crippen molar-refractivity contribution in [3.05, 3.63) is 54.1 Å². The van der Waals surface area contributed by atoms with E-state index in [-0.39, 0.29) is 42.0 Å². The molecular formula is C17H20N4NaO5S+. The van der Waals surface area contributed by atoms with Crippen LogP contribution in [0.4, 0.5) is 11.4 Å². The Bertz CT molecular complexity index is 936. The van der Waals surface area contributed by atoms with Crippen LogP contribution in [-0.2, 0) is 10.1 Å². The molecule has 0 aliphatic heterocycles. The van der Waals surface area contributed by atoms with Crippen LogP contribution in [-0.4, -0.2) is 50.1 Å². The second-order valence-electron chi connectivity index (χ2n) is 5.43. The number of rotatable bonds is 8.